The van der Waals surface area contributed by atoms with Crippen LogP contribution in [-0.2, 0) is 0 Å². The summed E-state index contributed by atoms with van der Waals surface area (Å²) >= 11 is 0. The first kappa shape index (κ1) is 17.9. The van der Waals surface area contributed by atoms with E-state index in [9.17, 15) is 14.5 Å². The maximum absolute atomic E-state index is 13.7. The minimum absolute atomic E-state index is 0.0957. The molecule has 0 bridgehead atoms. The molecule has 8 nitrogen and oxygen atoms in total. The summed E-state index contributed by atoms with van der Waals surface area (Å²) in [5, 5.41) is 14.8. The Morgan fingerprint density at radius 1 is 1.20 bits per heavy atom. The summed E-state index contributed by atoms with van der Waals surface area (Å²) in [6.07, 6.45) is 7.32. The highest BCUT2D eigenvalue weighted by Gasteiger charge is 2.24. The topological polar surface area (TPSA) is 98.8 Å². The van der Waals surface area contributed by atoms with E-state index in [0.29, 0.717) is 17.5 Å². The molecule has 2 aromatic carbocycles. The van der Waals surface area contributed by atoms with Crippen molar-refractivity contribution >= 4 is 28.6 Å². The van der Waals surface area contributed by atoms with Gasteiger partial charge in [-0.15, -0.1) is 0 Å². The predicted octanol–water partition coefficient (Wildman–Crippen LogP) is 4.43. The molecule has 2 heterocycles. The first-order chi connectivity index (χ1) is 14.6. The highest BCUT2D eigenvalue weighted by molar-refractivity contribution is 5.77. The molecule has 1 atom stereocenters. The lowest BCUT2D eigenvalue weighted by Crippen LogP contribution is -2.16. The van der Waals surface area contributed by atoms with Crippen molar-refractivity contribution in [2.45, 2.75) is 12.5 Å². The number of hydrogen-bond acceptors (Lipinski definition) is 6. The molecule has 0 amide bonds. The number of nitro groups is 1. The van der Waals surface area contributed by atoms with Gasteiger partial charge in [0.15, 0.2) is 0 Å². The molecule has 9 heteroatoms. The van der Waals surface area contributed by atoms with Gasteiger partial charge in [-0.2, -0.15) is 4.98 Å². The van der Waals surface area contributed by atoms with Gasteiger partial charge in [0, 0.05) is 6.07 Å². The molecule has 0 unspecified atom stereocenters. The average Bonchev–Trinajstić information content (AvgIpc) is 3.17. The molecule has 5 rings (SSSR count). The zero-order chi connectivity index (χ0) is 20.7. The number of nitrogens with zero attached hydrogens (tertiary/aromatic N) is 5. The monoisotopic (exact) mass is 402 g/mol. The number of benzene rings is 2. The van der Waals surface area contributed by atoms with Gasteiger partial charge in [0.25, 0.3) is 0 Å². The molecule has 0 radical (unpaired) electrons. The Morgan fingerprint density at radius 2 is 2.07 bits per heavy atom. The van der Waals surface area contributed by atoms with E-state index in [-0.39, 0.29) is 23.5 Å². The highest BCUT2D eigenvalue weighted by atomic mass is 19.1. The molecule has 0 saturated carbocycles. The zero-order valence-corrected chi connectivity index (χ0v) is 15.6. The fraction of sp³-hybridized carbons (Fsp3) is 0.0952. The van der Waals surface area contributed by atoms with Crippen LogP contribution in [-0.4, -0.2) is 24.4 Å². The second kappa shape index (κ2) is 7.03. The van der Waals surface area contributed by atoms with Crippen LogP contribution in [0.3, 0.4) is 0 Å². The van der Waals surface area contributed by atoms with E-state index in [1.165, 1.54) is 23.0 Å². The average molecular weight is 402 g/mol. The first-order valence-electron chi connectivity index (χ1n) is 9.26. The van der Waals surface area contributed by atoms with Crippen LogP contribution < -0.4 is 5.32 Å². The van der Waals surface area contributed by atoms with Crippen molar-refractivity contribution in [3.63, 3.8) is 0 Å². The van der Waals surface area contributed by atoms with Crippen molar-refractivity contribution in [2.24, 2.45) is 0 Å². The Labute approximate surface area is 169 Å². The SMILES string of the molecule is O=[N+]([O-])c1cnc(-n2cnc3ccc(F)cc32)nc1N[C@@H]1CC=Cc2ccccc21. The third kappa shape index (κ3) is 3.06. The Hall–Kier alpha value is -4.14. The van der Waals surface area contributed by atoms with Crippen molar-refractivity contribution < 1.29 is 9.31 Å². The van der Waals surface area contributed by atoms with E-state index in [1.807, 2.05) is 36.4 Å². The van der Waals surface area contributed by atoms with Crippen molar-refractivity contribution in [2.75, 3.05) is 5.32 Å². The zero-order valence-electron chi connectivity index (χ0n) is 15.6. The van der Waals surface area contributed by atoms with E-state index < -0.39 is 10.7 Å². The number of aromatic nitrogens is 4. The van der Waals surface area contributed by atoms with Crippen LogP contribution in [0.15, 0.2) is 61.1 Å². The summed E-state index contributed by atoms with van der Waals surface area (Å²) in [4.78, 5) is 23.8. The highest BCUT2D eigenvalue weighted by Crippen LogP contribution is 2.33. The summed E-state index contributed by atoms with van der Waals surface area (Å²) in [7, 11) is 0. The van der Waals surface area contributed by atoms with Crippen molar-refractivity contribution in [3.8, 4) is 5.95 Å². The fourth-order valence-electron chi connectivity index (χ4n) is 3.60. The molecule has 30 heavy (non-hydrogen) atoms. The van der Waals surface area contributed by atoms with Crippen LogP contribution in [0.2, 0.25) is 0 Å². The van der Waals surface area contributed by atoms with Crippen molar-refractivity contribution in [3.05, 3.63) is 88.1 Å². The standard InChI is InChI=1S/C21H15FN6O2/c22-14-8-9-17-18(10-14)27(12-24-17)21-23-11-19(28(29)30)20(26-21)25-16-7-3-5-13-4-1-2-6-15(13)16/h1-6,8-12,16H,7H2,(H,23,25,26)/t16-/m1/s1. The van der Waals surface area contributed by atoms with Gasteiger partial charge < -0.3 is 5.32 Å². The number of hydrogen-bond donors (Lipinski definition) is 1. The lowest BCUT2D eigenvalue weighted by Gasteiger charge is -2.23. The molecule has 2 aromatic heterocycles. The minimum Gasteiger partial charge on any atom is -0.357 e. The Morgan fingerprint density at radius 3 is 2.93 bits per heavy atom. The molecule has 0 spiro atoms. The first-order valence-corrected chi connectivity index (χ1v) is 9.26. The smallest absolute Gasteiger partial charge is 0.329 e. The summed E-state index contributed by atoms with van der Waals surface area (Å²) in [6.45, 7) is 0. The maximum atomic E-state index is 13.7. The van der Waals surface area contributed by atoms with Gasteiger partial charge in [0.2, 0.25) is 11.8 Å². The summed E-state index contributed by atoms with van der Waals surface area (Å²) in [5.74, 6) is -0.163. The molecule has 1 N–H and O–H groups in total. The Kier molecular flexibility index (Phi) is 4.20. The second-order valence-corrected chi connectivity index (χ2v) is 6.87. The van der Waals surface area contributed by atoms with Crippen LogP contribution >= 0.6 is 0 Å². The van der Waals surface area contributed by atoms with Crippen LogP contribution in [0.1, 0.15) is 23.6 Å². The van der Waals surface area contributed by atoms with E-state index in [2.05, 4.69) is 20.3 Å². The van der Waals surface area contributed by atoms with Crippen LogP contribution in [0.25, 0.3) is 23.1 Å². The normalized spacial score (nSPS) is 15.2. The maximum Gasteiger partial charge on any atom is 0.329 e. The van der Waals surface area contributed by atoms with Gasteiger partial charge in [-0.05, 0) is 29.7 Å². The molecule has 0 aliphatic heterocycles. The number of anilines is 1. The second-order valence-electron chi connectivity index (χ2n) is 6.87. The number of halogens is 1. The number of fused-ring (bicyclic) bond motifs is 2. The van der Waals surface area contributed by atoms with Gasteiger partial charge in [-0.1, -0.05) is 36.4 Å². The van der Waals surface area contributed by atoms with E-state index >= 15 is 0 Å². The van der Waals surface area contributed by atoms with Gasteiger partial charge in [0.1, 0.15) is 18.3 Å². The van der Waals surface area contributed by atoms with Gasteiger partial charge >= 0.3 is 5.69 Å². The molecule has 1 aliphatic rings. The lowest BCUT2D eigenvalue weighted by molar-refractivity contribution is -0.384. The number of imidazole rings is 1. The summed E-state index contributed by atoms with van der Waals surface area (Å²) in [6, 6.07) is 11.9. The molecule has 0 saturated heterocycles. The van der Waals surface area contributed by atoms with E-state index in [4.69, 9.17) is 0 Å². The third-order valence-electron chi connectivity index (χ3n) is 5.03. The predicted molar refractivity (Wildman–Crippen MR) is 110 cm³/mol. The van der Waals surface area contributed by atoms with E-state index in [0.717, 1.165) is 17.3 Å². The number of rotatable bonds is 4. The molecule has 4 aromatic rings. The fourth-order valence-corrected chi connectivity index (χ4v) is 3.60. The molecule has 0 fully saturated rings. The number of nitrogens with one attached hydrogen (secondary N) is 1. The van der Waals surface area contributed by atoms with E-state index in [1.54, 1.807) is 6.07 Å². The third-order valence-corrected chi connectivity index (χ3v) is 5.03. The Balaban J connectivity index is 1.58. The lowest BCUT2D eigenvalue weighted by atomic mass is 9.93. The molecular weight excluding hydrogens is 387 g/mol. The molecule has 148 valence electrons. The summed E-state index contributed by atoms with van der Waals surface area (Å²) < 4.78 is 15.2. The quantitative estimate of drug-likeness (QED) is 0.400. The molecule has 1 aliphatic carbocycles. The van der Waals surface area contributed by atoms with Gasteiger partial charge in [0.05, 0.1) is 22.0 Å². The van der Waals surface area contributed by atoms with Gasteiger partial charge in [-0.3, -0.25) is 14.7 Å². The minimum atomic E-state index is -0.525. The molecular formula is C21H15FN6O2. The summed E-state index contributed by atoms with van der Waals surface area (Å²) in [5.41, 5.74) is 2.89. The van der Waals surface area contributed by atoms with Gasteiger partial charge in [-0.25, -0.2) is 14.4 Å². The van der Waals surface area contributed by atoms with Crippen molar-refractivity contribution in [1.82, 2.24) is 19.5 Å². The largest absolute Gasteiger partial charge is 0.357 e. The van der Waals surface area contributed by atoms with Crippen LogP contribution in [0, 0.1) is 15.9 Å². The van der Waals surface area contributed by atoms with Crippen LogP contribution in [0.5, 0.6) is 0 Å². The Bertz CT molecular complexity index is 1320. The van der Waals surface area contributed by atoms with Crippen LogP contribution in [0.4, 0.5) is 15.9 Å². The van der Waals surface area contributed by atoms with Crippen molar-refractivity contribution in [1.29, 1.82) is 0 Å².